The molecular weight excluding hydrogens is 509 g/mol. The highest BCUT2D eigenvalue weighted by Crippen LogP contribution is 2.35. The monoisotopic (exact) mass is 527 g/mol. The largest absolute Gasteiger partial charge is 0.488 e. The molecule has 30 heavy (non-hydrogen) atoms. The van der Waals surface area contributed by atoms with Gasteiger partial charge in [-0.3, -0.25) is 14.5 Å². The van der Waals surface area contributed by atoms with Crippen molar-refractivity contribution in [2.45, 2.75) is 6.54 Å². The van der Waals surface area contributed by atoms with Crippen LogP contribution < -0.4 is 4.74 Å². The lowest BCUT2D eigenvalue weighted by molar-refractivity contribution is -0.123. The number of fused-ring (bicyclic) bond motifs is 1. The lowest BCUT2D eigenvalue weighted by Crippen LogP contribution is -2.27. The highest BCUT2D eigenvalue weighted by atomic mass is 127. The highest BCUT2D eigenvalue weighted by Gasteiger charge is 2.35. The van der Waals surface area contributed by atoms with Crippen molar-refractivity contribution in [3.05, 3.63) is 92.9 Å². The summed E-state index contributed by atoms with van der Waals surface area (Å²) < 4.78 is 6.52. The highest BCUT2D eigenvalue weighted by molar-refractivity contribution is 14.1. The molecule has 0 aromatic heterocycles. The number of thioether (sulfide) groups is 1. The van der Waals surface area contributed by atoms with Crippen LogP contribution >= 0.6 is 34.4 Å². The van der Waals surface area contributed by atoms with Crippen LogP contribution in [0.3, 0.4) is 0 Å². The van der Waals surface area contributed by atoms with Gasteiger partial charge in [-0.1, -0.05) is 61.2 Å². The van der Waals surface area contributed by atoms with Crippen LogP contribution in [-0.2, 0) is 11.3 Å². The standard InChI is InChI=1S/C24H18INO3S/c1-2-12-29-21-11-10-16(13-20(21)25)14-22-23(27)26(24(28)30-22)15-18-8-5-7-17-6-3-4-9-19(17)18/h2-11,13-14H,1,12,15H2/b22-14+. The number of hydrogen-bond acceptors (Lipinski definition) is 4. The van der Waals surface area contributed by atoms with Crippen LogP contribution in [-0.4, -0.2) is 22.7 Å². The van der Waals surface area contributed by atoms with E-state index in [4.69, 9.17) is 4.74 Å². The summed E-state index contributed by atoms with van der Waals surface area (Å²) in [4.78, 5) is 27.2. The van der Waals surface area contributed by atoms with Gasteiger partial charge in [0.15, 0.2) is 0 Å². The van der Waals surface area contributed by atoms with Gasteiger partial charge in [0.1, 0.15) is 12.4 Å². The van der Waals surface area contributed by atoms with E-state index in [9.17, 15) is 9.59 Å². The van der Waals surface area contributed by atoms with Crippen LogP contribution in [0.4, 0.5) is 4.79 Å². The molecule has 1 saturated heterocycles. The zero-order valence-corrected chi connectivity index (χ0v) is 19.0. The zero-order chi connectivity index (χ0) is 21.1. The molecule has 0 bridgehead atoms. The SMILES string of the molecule is C=CCOc1ccc(/C=C2/SC(=O)N(Cc3cccc4ccccc34)C2=O)cc1I. The Morgan fingerprint density at radius 3 is 2.67 bits per heavy atom. The molecule has 6 heteroatoms. The number of halogens is 1. The summed E-state index contributed by atoms with van der Waals surface area (Å²) in [7, 11) is 0. The quantitative estimate of drug-likeness (QED) is 0.216. The Bertz CT molecular complexity index is 1180. The van der Waals surface area contributed by atoms with Crippen LogP contribution in [0.5, 0.6) is 5.75 Å². The Labute approximate surface area is 192 Å². The summed E-state index contributed by atoms with van der Waals surface area (Å²) in [6.07, 6.45) is 3.45. The van der Waals surface area contributed by atoms with Gasteiger partial charge in [0, 0.05) is 0 Å². The van der Waals surface area contributed by atoms with E-state index in [2.05, 4.69) is 29.2 Å². The fraction of sp³-hybridized carbons (Fsp3) is 0.0833. The number of imide groups is 1. The van der Waals surface area contributed by atoms with E-state index in [-0.39, 0.29) is 17.7 Å². The minimum absolute atomic E-state index is 0.250. The lowest BCUT2D eigenvalue weighted by Gasteiger charge is -2.14. The minimum Gasteiger partial charge on any atom is -0.488 e. The van der Waals surface area contributed by atoms with Crippen LogP contribution in [0.1, 0.15) is 11.1 Å². The first kappa shape index (κ1) is 20.7. The summed E-state index contributed by atoms with van der Waals surface area (Å²) in [5.74, 6) is 0.497. The van der Waals surface area contributed by atoms with Gasteiger partial charge in [-0.05, 0) is 74.5 Å². The number of ether oxygens (including phenoxy) is 1. The maximum Gasteiger partial charge on any atom is 0.293 e. The van der Waals surface area contributed by atoms with Crippen LogP contribution in [0.25, 0.3) is 16.8 Å². The molecular formula is C24H18INO3S. The minimum atomic E-state index is -0.264. The molecule has 0 atom stereocenters. The van der Waals surface area contributed by atoms with Crippen molar-refractivity contribution in [3.8, 4) is 5.75 Å². The first-order valence-corrected chi connectivity index (χ1v) is 11.2. The third-order valence-electron chi connectivity index (χ3n) is 4.69. The fourth-order valence-corrected chi connectivity index (χ4v) is 4.79. The summed E-state index contributed by atoms with van der Waals surface area (Å²) >= 11 is 3.17. The average molecular weight is 527 g/mol. The van der Waals surface area contributed by atoms with Gasteiger partial charge in [0.2, 0.25) is 0 Å². The van der Waals surface area contributed by atoms with Crippen LogP contribution in [0, 0.1) is 3.57 Å². The average Bonchev–Trinajstić information content (AvgIpc) is 3.01. The third kappa shape index (κ3) is 4.29. The molecule has 3 aromatic rings. The van der Waals surface area contributed by atoms with Gasteiger partial charge in [-0.25, -0.2) is 0 Å². The van der Waals surface area contributed by atoms with Crippen molar-refractivity contribution < 1.29 is 14.3 Å². The summed E-state index contributed by atoms with van der Waals surface area (Å²) in [5, 5.41) is 1.89. The molecule has 0 spiro atoms. The molecule has 0 unspecified atom stereocenters. The molecule has 2 amide bonds. The molecule has 4 rings (SSSR count). The Morgan fingerprint density at radius 2 is 1.87 bits per heavy atom. The van der Waals surface area contributed by atoms with Crippen molar-refractivity contribution in [2.75, 3.05) is 6.61 Å². The second kappa shape index (κ2) is 9.06. The number of rotatable bonds is 6. The van der Waals surface area contributed by atoms with E-state index in [1.807, 2.05) is 60.7 Å². The van der Waals surface area contributed by atoms with Crippen LogP contribution in [0.2, 0.25) is 0 Å². The Balaban J connectivity index is 1.57. The van der Waals surface area contributed by atoms with Gasteiger partial charge in [-0.2, -0.15) is 0 Å². The van der Waals surface area contributed by atoms with Crippen molar-refractivity contribution in [3.63, 3.8) is 0 Å². The molecule has 0 saturated carbocycles. The summed E-state index contributed by atoms with van der Waals surface area (Å²) in [6.45, 7) is 4.34. The Kier molecular flexibility index (Phi) is 6.24. The molecule has 1 heterocycles. The van der Waals surface area contributed by atoms with E-state index in [1.165, 1.54) is 4.90 Å². The topological polar surface area (TPSA) is 46.6 Å². The van der Waals surface area contributed by atoms with Gasteiger partial charge in [0.05, 0.1) is 15.0 Å². The van der Waals surface area contributed by atoms with Gasteiger partial charge in [0.25, 0.3) is 11.1 Å². The number of hydrogen-bond donors (Lipinski definition) is 0. The summed E-state index contributed by atoms with van der Waals surface area (Å²) in [5.41, 5.74) is 1.80. The molecule has 3 aromatic carbocycles. The van der Waals surface area contributed by atoms with Gasteiger partial charge >= 0.3 is 0 Å². The van der Waals surface area contributed by atoms with E-state index >= 15 is 0 Å². The predicted octanol–water partition coefficient (Wildman–Crippen LogP) is 6.25. The Hall–Kier alpha value is -2.58. The Morgan fingerprint density at radius 1 is 1.07 bits per heavy atom. The molecule has 0 aliphatic carbocycles. The number of carbonyl (C=O) groups is 2. The van der Waals surface area contributed by atoms with Gasteiger partial charge < -0.3 is 4.74 Å². The number of benzene rings is 3. The number of amides is 2. The fourth-order valence-electron chi connectivity index (χ4n) is 3.26. The van der Waals surface area contributed by atoms with Crippen LogP contribution in [0.15, 0.2) is 78.2 Å². The molecule has 1 fully saturated rings. The molecule has 150 valence electrons. The van der Waals surface area contributed by atoms with Crippen molar-refractivity contribution >= 4 is 62.3 Å². The first-order chi connectivity index (χ1) is 14.6. The number of nitrogens with zero attached hydrogens (tertiary/aromatic N) is 1. The predicted molar refractivity (Wildman–Crippen MR) is 130 cm³/mol. The zero-order valence-electron chi connectivity index (χ0n) is 16.0. The molecule has 4 nitrogen and oxygen atoms in total. The second-order valence-corrected chi connectivity index (χ2v) is 8.85. The van der Waals surface area contributed by atoms with E-state index in [0.29, 0.717) is 11.5 Å². The molecule has 1 aliphatic heterocycles. The van der Waals surface area contributed by atoms with E-state index in [1.54, 1.807) is 12.2 Å². The second-order valence-electron chi connectivity index (χ2n) is 6.70. The first-order valence-electron chi connectivity index (χ1n) is 9.32. The molecule has 0 N–H and O–H groups in total. The van der Waals surface area contributed by atoms with E-state index < -0.39 is 0 Å². The maximum absolute atomic E-state index is 12.9. The smallest absolute Gasteiger partial charge is 0.293 e. The van der Waals surface area contributed by atoms with Crippen molar-refractivity contribution in [1.29, 1.82) is 0 Å². The number of carbonyl (C=O) groups excluding carboxylic acids is 2. The van der Waals surface area contributed by atoms with Crippen molar-refractivity contribution in [1.82, 2.24) is 4.90 Å². The van der Waals surface area contributed by atoms with E-state index in [0.717, 1.165) is 43.0 Å². The molecule has 0 radical (unpaired) electrons. The van der Waals surface area contributed by atoms with Gasteiger partial charge in [-0.15, -0.1) is 0 Å². The normalized spacial score (nSPS) is 15.2. The summed E-state index contributed by atoms with van der Waals surface area (Å²) in [6, 6.07) is 19.6. The van der Waals surface area contributed by atoms with Crippen molar-refractivity contribution in [2.24, 2.45) is 0 Å². The lowest BCUT2D eigenvalue weighted by atomic mass is 10.0. The maximum atomic E-state index is 12.9. The molecule has 1 aliphatic rings. The third-order valence-corrected chi connectivity index (χ3v) is 6.44.